The first-order valence-electron chi connectivity index (χ1n) is 13.4. The normalized spacial score (nSPS) is 21.1. The van der Waals surface area contributed by atoms with Gasteiger partial charge in [0.15, 0.2) is 11.5 Å². The van der Waals surface area contributed by atoms with Crippen molar-refractivity contribution in [2.45, 2.75) is 51.0 Å². The lowest BCUT2D eigenvalue weighted by Gasteiger charge is -2.41. The summed E-state index contributed by atoms with van der Waals surface area (Å²) in [5.74, 6) is -0.203. The Morgan fingerprint density at radius 2 is 1.82 bits per heavy atom. The molecule has 2 amide bonds. The fraction of sp³-hybridized carbons (Fsp3) is 0.467. The molecule has 40 heavy (non-hydrogen) atoms. The first-order chi connectivity index (χ1) is 19.2. The van der Waals surface area contributed by atoms with Gasteiger partial charge in [-0.2, -0.15) is 0 Å². The van der Waals surface area contributed by atoms with Crippen LogP contribution in [-0.2, 0) is 22.6 Å². The van der Waals surface area contributed by atoms with Crippen LogP contribution in [-0.4, -0.2) is 84.2 Å². The summed E-state index contributed by atoms with van der Waals surface area (Å²) in [7, 11) is 3.07. The highest BCUT2D eigenvalue weighted by Gasteiger charge is 2.51. The number of para-hydroxylation sites is 1. The second-order valence-electron chi connectivity index (χ2n) is 10.3. The molecule has 4 N–H and O–H groups in total. The van der Waals surface area contributed by atoms with Crippen LogP contribution in [0, 0.1) is 5.92 Å². The van der Waals surface area contributed by atoms with Gasteiger partial charge in [-0.3, -0.25) is 9.59 Å². The minimum absolute atomic E-state index is 0.0386. The molecule has 0 radical (unpaired) electrons. The zero-order chi connectivity index (χ0) is 29.0. The Morgan fingerprint density at radius 3 is 2.48 bits per heavy atom. The predicted octanol–water partition coefficient (Wildman–Crippen LogP) is 1.55. The first kappa shape index (κ1) is 29.4. The first-order valence-corrected chi connectivity index (χ1v) is 13.4. The van der Waals surface area contributed by atoms with Gasteiger partial charge in [0.2, 0.25) is 11.8 Å². The van der Waals surface area contributed by atoms with Crippen LogP contribution in [0.15, 0.2) is 48.0 Å². The average Bonchev–Trinajstić information content (AvgIpc) is 3.36. The van der Waals surface area contributed by atoms with E-state index in [-0.39, 0.29) is 38.1 Å². The van der Waals surface area contributed by atoms with Gasteiger partial charge in [-0.15, -0.1) is 0 Å². The molecule has 2 aromatic carbocycles. The summed E-state index contributed by atoms with van der Waals surface area (Å²) in [5.41, 5.74) is 2.39. The lowest BCUT2D eigenvalue weighted by Crippen LogP contribution is -2.56. The van der Waals surface area contributed by atoms with Crippen molar-refractivity contribution in [1.29, 1.82) is 0 Å². The van der Waals surface area contributed by atoms with E-state index in [1.807, 2.05) is 24.3 Å². The SMILES string of the molecule is COc1ccccc1CCN(C(=O)C(C)C)[C@@H]1C=C(C(=O)NCCO)[C@@H]2c3cc(CO)cc(OC)c3O[C@@H]2[C@H]1O. The van der Waals surface area contributed by atoms with Gasteiger partial charge < -0.3 is 39.7 Å². The molecule has 4 rings (SSSR count). The van der Waals surface area contributed by atoms with E-state index in [1.54, 1.807) is 44.1 Å². The molecule has 0 fully saturated rings. The Hall–Kier alpha value is -3.60. The number of aliphatic hydroxyl groups excluding tert-OH is 3. The van der Waals surface area contributed by atoms with Crippen LogP contribution >= 0.6 is 0 Å². The van der Waals surface area contributed by atoms with Crippen molar-refractivity contribution in [3.63, 3.8) is 0 Å². The number of hydrogen-bond donors (Lipinski definition) is 4. The number of aliphatic hydroxyl groups is 3. The van der Waals surface area contributed by atoms with E-state index < -0.39 is 30.1 Å². The molecule has 2 aliphatic rings. The zero-order valence-corrected chi connectivity index (χ0v) is 23.3. The van der Waals surface area contributed by atoms with E-state index in [9.17, 15) is 24.9 Å². The van der Waals surface area contributed by atoms with Crippen molar-refractivity contribution in [3.05, 3.63) is 64.7 Å². The molecule has 0 saturated heterocycles. The molecule has 4 atom stereocenters. The van der Waals surface area contributed by atoms with Gasteiger partial charge >= 0.3 is 0 Å². The predicted molar refractivity (Wildman–Crippen MR) is 147 cm³/mol. The Labute approximate surface area is 234 Å². The molecule has 0 bridgehead atoms. The van der Waals surface area contributed by atoms with Crippen molar-refractivity contribution in [2.24, 2.45) is 5.92 Å². The fourth-order valence-corrected chi connectivity index (χ4v) is 5.51. The van der Waals surface area contributed by atoms with Gasteiger partial charge in [0.05, 0.1) is 39.4 Å². The molecular formula is C30H38N2O8. The summed E-state index contributed by atoms with van der Waals surface area (Å²) in [6.45, 7) is 3.39. The van der Waals surface area contributed by atoms with E-state index in [0.717, 1.165) is 5.56 Å². The maximum Gasteiger partial charge on any atom is 0.247 e. The van der Waals surface area contributed by atoms with Gasteiger partial charge in [0.25, 0.3) is 0 Å². The molecule has 0 unspecified atom stereocenters. The smallest absolute Gasteiger partial charge is 0.247 e. The molecule has 1 aliphatic carbocycles. The van der Waals surface area contributed by atoms with Gasteiger partial charge in [0, 0.05) is 30.1 Å². The molecule has 1 heterocycles. The number of carbonyl (C=O) groups excluding carboxylic acids is 2. The van der Waals surface area contributed by atoms with E-state index in [0.29, 0.717) is 40.4 Å². The number of methoxy groups -OCH3 is 2. The highest BCUT2D eigenvalue weighted by molar-refractivity contribution is 5.96. The largest absolute Gasteiger partial charge is 0.496 e. The molecule has 10 nitrogen and oxygen atoms in total. The number of hydrogen-bond acceptors (Lipinski definition) is 8. The van der Waals surface area contributed by atoms with Gasteiger partial charge in [0.1, 0.15) is 18.0 Å². The van der Waals surface area contributed by atoms with Crippen molar-refractivity contribution >= 4 is 11.8 Å². The Balaban J connectivity index is 1.78. The number of fused-ring (bicyclic) bond motifs is 3. The summed E-state index contributed by atoms with van der Waals surface area (Å²) in [6.07, 6.45) is 0.0392. The van der Waals surface area contributed by atoms with Crippen LogP contribution in [0.3, 0.4) is 0 Å². The summed E-state index contributed by atoms with van der Waals surface area (Å²) in [4.78, 5) is 28.6. The third-order valence-corrected chi connectivity index (χ3v) is 7.45. The molecular weight excluding hydrogens is 516 g/mol. The topological polar surface area (TPSA) is 138 Å². The maximum atomic E-state index is 13.5. The van der Waals surface area contributed by atoms with Crippen molar-refractivity contribution in [1.82, 2.24) is 10.2 Å². The summed E-state index contributed by atoms with van der Waals surface area (Å²) >= 11 is 0. The monoisotopic (exact) mass is 554 g/mol. The fourth-order valence-electron chi connectivity index (χ4n) is 5.51. The molecule has 0 aromatic heterocycles. The van der Waals surface area contributed by atoms with E-state index >= 15 is 0 Å². The number of nitrogens with one attached hydrogen (secondary N) is 1. The Morgan fingerprint density at radius 1 is 1.10 bits per heavy atom. The van der Waals surface area contributed by atoms with Gasteiger partial charge in [-0.05, 0) is 41.8 Å². The highest BCUT2D eigenvalue weighted by atomic mass is 16.5. The Bertz CT molecular complexity index is 1260. The second-order valence-corrected chi connectivity index (χ2v) is 10.3. The summed E-state index contributed by atoms with van der Waals surface area (Å²) in [6, 6.07) is 10.1. The molecule has 10 heteroatoms. The van der Waals surface area contributed by atoms with Gasteiger partial charge in [-0.1, -0.05) is 32.0 Å². The zero-order valence-electron chi connectivity index (χ0n) is 23.3. The van der Waals surface area contributed by atoms with E-state index in [1.165, 1.54) is 7.11 Å². The minimum atomic E-state index is -1.17. The molecule has 2 aromatic rings. The quantitative estimate of drug-likeness (QED) is 0.328. The maximum absolute atomic E-state index is 13.5. The van der Waals surface area contributed by atoms with Crippen LogP contribution in [0.25, 0.3) is 0 Å². The van der Waals surface area contributed by atoms with Crippen molar-refractivity contribution < 1.29 is 39.1 Å². The molecule has 1 aliphatic heterocycles. The second kappa shape index (κ2) is 12.7. The minimum Gasteiger partial charge on any atom is -0.496 e. The molecule has 0 saturated carbocycles. The van der Waals surface area contributed by atoms with Gasteiger partial charge in [-0.25, -0.2) is 0 Å². The van der Waals surface area contributed by atoms with Crippen LogP contribution in [0.4, 0.5) is 0 Å². The number of rotatable bonds is 11. The standard InChI is InChI=1S/C30H38N2O8/c1-17(2)30(37)32(11-9-19-7-5-6-8-23(19)38-3)22-15-21(29(36)31-10-12-33)25-20-13-18(16-34)14-24(39-4)27(20)40-28(25)26(22)35/h5-8,13-15,17,22,25-26,28,33-35H,9-12,16H2,1-4H3,(H,31,36)/t22-,25+,26+,28+/m1/s1. The summed E-state index contributed by atoms with van der Waals surface area (Å²) < 4.78 is 17.3. The van der Waals surface area contributed by atoms with E-state index in [4.69, 9.17) is 14.2 Å². The number of amides is 2. The highest BCUT2D eigenvalue weighted by Crippen LogP contribution is 2.51. The molecule has 0 spiro atoms. The number of ether oxygens (including phenoxy) is 3. The number of benzene rings is 2. The third kappa shape index (κ3) is 5.65. The van der Waals surface area contributed by atoms with Crippen LogP contribution in [0.1, 0.15) is 36.5 Å². The average molecular weight is 555 g/mol. The van der Waals surface area contributed by atoms with Crippen molar-refractivity contribution in [2.75, 3.05) is 33.9 Å². The van der Waals surface area contributed by atoms with Crippen LogP contribution in [0.5, 0.6) is 17.2 Å². The number of carbonyl (C=O) groups is 2. The summed E-state index contributed by atoms with van der Waals surface area (Å²) in [5, 5.41) is 33.6. The molecule has 216 valence electrons. The third-order valence-electron chi connectivity index (χ3n) is 7.45. The lowest BCUT2D eigenvalue weighted by atomic mass is 9.77. The number of nitrogens with zero attached hydrogens (tertiary/aromatic N) is 1. The Kier molecular flexibility index (Phi) is 9.34. The van der Waals surface area contributed by atoms with Crippen LogP contribution < -0.4 is 19.5 Å². The van der Waals surface area contributed by atoms with E-state index in [2.05, 4.69) is 5.32 Å². The van der Waals surface area contributed by atoms with Crippen LogP contribution in [0.2, 0.25) is 0 Å². The lowest BCUT2D eigenvalue weighted by molar-refractivity contribution is -0.140. The van der Waals surface area contributed by atoms with Crippen molar-refractivity contribution in [3.8, 4) is 17.2 Å².